The number of rotatable bonds is 0. The van der Waals surface area contributed by atoms with Crippen LogP contribution in [0.5, 0.6) is 0 Å². The Hall–Kier alpha value is -0.0400. The normalized spacial score (nSPS) is 30.0. The van der Waals surface area contributed by atoms with E-state index in [1.54, 1.807) is 0 Å². The molecule has 0 aromatic heterocycles. The summed E-state index contributed by atoms with van der Waals surface area (Å²) in [7, 11) is 0. The van der Waals surface area contributed by atoms with Crippen molar-refractivity contribution in [1.29, 1.82) is 0 Å². The largest absolute Gasteiger partial charge is 0.381 e. The number of hydrogen-bond acceptors (Lipinski definition) is 1. The maximum atomic E-state index is 5.62. The topological polar surface area (TPSA) is 9.23 Å². The van der Waals surface area contributed by atoms with Crippen LogP contribution in [0.15, 0.2) is 0 Å². The van der Waals surface area contributed by atoms with Crippen molar-refractivity contribution in [1.82, 2.24) is 0 Å². The van der Waals surface area contributed by atoms with Gasteiger partial charge in [-0.3, -0.25) is 0 Å². The molecule has 1 nitrogen and oxygen atoms in total. The highest BCUT2D eigenvalue weighted by atomic mass is 16.5. The summed E-state index contributed by atoms with van der Waals surface area (Å²) < 4.78 is 5.62. The van der Waals surface area contributed by atoms with Crippen LogP contribution in [0, 0.1) is 5.41 Å². The highest BCUT2D eigenvalue weighted by Gasteiger charge is 2.32. The predicted molar refractivity (Wildman–Crippen MR) is 50.2 cm³/mol. The zero-order valence-electron chi connectivity index (χ0n) is 7.98. The van der Waals surface area contributed by atoms with Gasteiger partial charge in [0.1, 0.15) is 0 Å². The summed E-state index contributed by atoms with van der Waals surface area (Å²) in [6.45, 7) is 2.08. The maximum Gasteiger partial charge on any atom is 0.0522 e. The van der Waals surface area contributed by atoms with E-state index in [4.69, 9.17) is 4.74 Å². The van der Waals surface area contributed by atoms with Crippen molar-refractivity contribution in [2.24, 2.45) is 5.41 Å². The first-order valence-electron chi connectivity index (χ1n) is 5.49. The SMILES string of the molecule is C1CCCC2(CC1)CCCOC2. The molecule has 2 fully saturated rings. The van der Waals surface area contributed by atoms with E-state index in [1.807, 2.05) is 0 Å². The van der Waals surface area contributed by atoms with Crippen LogP contribution in [0.1, 0.15) is 51.4 Å². The van der Waals surface area contributed by atoms with Gasteiger partial charge in [0.15, 0.2) is 0 Å². The zero-order chi connectivity index (χ0) is 8.28. The Morgan fingerprint density at radius 2 is 1.42 bits per heavy atom. The van der Waals surface area contributed by atoms with E-state index in [2.05, 4.69) is 0 Å². The lowest BCUT2D eigenvalue weighted by Gasteiger charge is -2.36. The Labute approximate surface area is 75.5 Å². The van der Waals surface area contributed by atoms with Gasteiger partial charge in [0.05, 0.1) is 6.61 Å². The summed E-state index contributed by atoms with van der Waals surface area (Å²) in [5.74, 6) is 0. The summed E-state index contributed by atoms with van der Waals surface area (Å²) in [6.07, 6.45) is 11.4. The van der Waals surface area contributed by atoms with Crippen molar-refractivity contribution >= 4 is 0 Å². The number of ether oxygens (including phenoxy) is 1. The molecule has 1 heterocycles. The minimum atomic E-state index is 0.620. The van der Waals surface area contributed by atoms with E-state index in [1.165, 1.54) is 51.4 Å². The van der Waals surface area contributed by atoms with Gasteiger partial charge >= 0.3 is 0 Å². The van der Waals surface area contributed by atoms with Gasteiger partial charge in [-0.1, -0.05) is 25.7 Å². The van der Waals surface area contributed by atoms with Crippen molar-refractivity contribution in [3.05, 3.63) is 0 Å². The molecule has 0 aromatic rings. The third-order valence-electron chi connectivity index (χ3n) is 3.57. The summed E-state index contributed by atoms with van der Waals surface area (Å²) in [5.41, 5.74) is 0.620. The van der Waals surface area contributed by atoms with Crippen molar-refractivity contribution in [3.8, 4) is 0 Å². The lowest BCUT2D eigenvalue weighted by Crippen LogP contribution is -2.31. The van der Waals surface area contributed by atoms with E-state index in [0.717, 1.165) is 13.2 Å². The summed E-state index contributed by atoms with van der Waals surface area (Å²) in [5, 5.41) is 0. The minimum absolute atomic E-state index is 0.620. The molecule has 70 valence electrons. The molecule has 2 aliphatic rings. The van der Waals surface area contributed by atoms with E-state index < -0.39 is 0 Å². The molecule has 1 saturated carbocycles. The smallest absolute Gasteiger partial charge is 0.0522 e. The third-order valence-corrected chi connectivity index (χ3v) is 3.57. The molecule has 0 radical (unpaired) electrons. The predicted octanol–water partition coefficient (Wildman–Crippen LogP) is 3.14. The molecule has 0 bridgehead atoms. The number of hydrogen-bond donors (Lipinski definition) is 0. The fraction of sp³-hybridized carbons (Fsp3) is 1.00. The van der Waals surface area contributed by atoms with Gasteiger partial charge in [0.2, 0.25) is 0 Å². The van der Waals surface area contributed by atoms with Crippen molar-refractivity contribution < 1.29 is 4.74 Å². The quantitative estimate of drug-likeness (QED) is 0.540. The van der Waals surface area contributed by atoms with E-state index in [0.29, 0.717) is 5.41 Å². The molecule has 12 heavy (non-hydrogen) atoms. The molecule has 1 heteroatoms. The van der Waals surface area contributed by atoms with Crippen LogP contribution in [0.2, 0.25) is 0 Å². The van der Waals surface area contributed by atoms with Gasteiger partial charge < -0.3 is 4.74 Å². The fourth-order valence-electron chi connectivity index (χ4n) is 2.78. The molecule has 1 spiro atoms. The Balaban J connectivity index is 1.95. The molecule has 1 saturated heterocycles. The van der Waals surface area contributed by atoms with E-state index in [9.17, 15) is 0 Å². The standard InChI is InChI=1S/C11H20O/c1-2-4-7-11(6-3-1)8-5-9-12-10-11/h1-10H2. The van der Waals surface area contributed by atoms with Crippen LogP contribution in [0.4, 0.5) is 0 Å². The van der Waals surface area contributed by atoms with Crippen LogP contribution in [0.3, 0.4) is 0 Å². The van der Waals surface area contributed by atoms with Crippen LogP contribution in [-0.4, -0.2) is 13.2 Å². The summed E-state index contributed by atoms with van der Waals surface area (Å²) in [4.78, 5) is 0. The Bertz CT molecular complexity index is 126. The molecule has 0 amide bonds. The Morgan fingerprint density at radius 1 is 0.750 bits per heavy atom. The summed E-state index contributed by atoms with van der Waals surface area (Å²) in [6, 6.07) is 0. The first-order chi connectivity index (χ1) is 5.91. The fourth-order valence-corrected chi connectivity index (χ4v) is 2.78. The monoisotopic (exact) mass is 168 g/mol. The van der Waals surface area contributed by atoms with Gasteiger partial charge in [-0.25, -0.2) is 0 Å². The Morgan fingerprint density at radius 3 is 2.00 bits per heavy atom. The van der Waals surface area contributed by atoms with Crippen LogP contribution >= 0.6 is 0 Å². The highest BCUT2D eigenvalue weighted by molar-refractivity contribution is 4.83. The van der Waals surface area contributed by atoms with E-state index >= 15 is 0 Å². The molecule has 0 aromatic carbocycles. The minimum Gasteiger partial charge on any atom is -0.381 e. The molecule has 0 N–H and O–H groups in total. The first-order valence-corrected chi connectivity index (χ1v) is 5.49. The van der Waals surface area contributed by atoms with Crippen LogP contribution in [0.25, 0.3) is 0 Å². The van der Waals surface area contributed by atoms with Crippen molar-refractivity contribution in [2.45, 2.75) is 51.4 Å². The van der Waals surface area contributed by atoms with Gasteiger partial charge in [-0.2, -0.15) is 0 Å². The molecule has 1 aliphatic heterocycles. The average molecular weight is 168 g/mol. The molecule has 1 aliphatic carbocycles. The zero-order valence-corrected chi connectivity index (χ0v) is 7.98. The average Bonchev–Trinajstić information content (AvgIpc) is 2.33. The lowest BCUT2D eigenvalue weighted by atomic mass is 9.76. The van der Waals surface area contributed by atoms with Gasteiger partial charge in [0, 0.05) is 6.61 Å². The second-order valence-electron chi connectivity index (χ2n) is 4.57. The van der Waals surface area contributed by atoms with Crippen LogP contribution < -0.4 is 0 Å². The highest BCUT2D eigenvalue weighted by Crippen LogP contribution is 2.41. The second-order valence-corrected chi connectivity index (χ2v) is 4.57. The summed E-state index contributed by atoms with van der Waals surface area (Å²) >= 11 is 0. The maximum absolute atomic E-state index is 5.62. The first kappa shape index (κ1) is 8.55. The molecular weight excluding hydrogens is 148 g/mol. The third kappa shape index (κ3) is 1.82. The molecule has 2 rings (SSSR count). The van der Waals surface area contributed by atoms with Gasteiger partial charge in [-0.05, 0) is 31.1 Å². The van der Waals surface area contributed by atoms with E-state index in [-0.39, 0.29) is 0 Å². The lowest BCUT2D eigenvalue weighted by molar-refractivity contribution is -0.0162. The molecular formula is C11H20O. The Kier molecular flexibility index (Phi) is 2.69. The molecule has 0 atom stereocenters. The molecule has 0 unspecified atom stereocenters. The van der Waals surface area contributed by atoms with Gasteiger partial charge in [-0.15, -0.1) is 0 Å². The van der Waals surface area contributed by atoms with Crippen molar-refractivity contribution in [2.75, 3.05) is 13.2 Å². The van der Waals surface area contributed by atoms with Gasteiger partial charge in [0.25, 0.3) is 0 Å². The second kappa shape index (κ2) is 3.78. The van der Waals surface area contributed by atoms with Crippen molar-refractivity contribution in [3.63, 3.8) is 0 Å². The van der Waals surface area contributed by atoms with Crippen LogP contribution in [-0.2, 0) is 4.74 Å².